The van der Waals surface area contributed by atoms with Gasteiger partial charge in [-0.15, -0.1) is 49.6 Å². The van der Waals surface area contributed by atoms with Gasteiger partial charge in [0.05, 0.1) is 23.8 Å². The molecule has 35 heavy (non-hydrogen) atoms. The Morgan fingerprint density at radius 2 is 1.49 bits per heavy atom. The van der Waals surface area contributed by atoms with Crippen molar-refractivity contribution >= 4 is 88.7 Å². The third-order valence-corrected chi connectivity index (χ3v) is 5.76. The summed E-state index contributed by atoms with van der Waals surface area (Å²) in [6.45, 7) is 5.40. The molecule has 6 nitrogen and oxygen atoms in total. The molecule has 0 bridgehead atoms. The number of aromatic nitrogens is 1. The van der Waals surface area contributed by atoms with Crippen LogP contribution in [0.4, 0.5) is 5.69 Å². The first-order chi connectivity index (χ1) is 15.2. The monoisotopic (exact) mass is 587 g/mol. The Morgan fingerprint density at radius 1 is 0.829 bits per heavy atom. The first-order valence-corrected chi connectivity index (χ1v) is 11.5. The van der Waals surface area contributed by atoms with E-state index in [1.807, 2.05) is 36.4 Å². The number of fused-ring (bicyclic) bond motifs is 2. The predicted molar refractivity (Wildman–Crippen MR) is 161 cm³/mol. The third-order valence-electron chi connectivity index (χ3n) is 5.53. The van der Waals surface area contributed by atoms with E-state index >= 15 is 0 Å². The van der Waals surface area contributed by atoms with E-state index in [2.05, 4.69) is 10.2 Å². The van der Waals surface area contributed by atoms with E-state index in [1.165, 1.54) is 0 Å². The fourth-order valence-electron chi connectivity index (χ4n) is 3.85. The fraction of sp³-hybridized carbons (Fsp3) is 0.458. The molecule has 0 radical (unpaired) electrons. The highest BCUT2D eigenvalue weighted by Crippen LogP contribution is 2.34. The Hall–Kier alpha value is -0.960. The Labute approximate surface area is 238 Å². The van der Waals surface area contributed by atoms with Crippen LogP contribution in [0.3, 0.4) is 0 Å². The average Bonchev–Trinajstić information content (AvgIpc) is 2.78. The highest BCUT2D eigenvalue weighted by molar-refractivity contribution is 6.31. The molecule has 3 rings (SSSR count). The minimum absolute atomic E-state index is 0. The number of hydrogen-bond acceptors (Lipinski definition) is 6. The number of ether oxygens (including phenoxy) is 1. The van der Waals surface area contributed by atoms with E-state index in [0.717, 1.165) is 98.2 Å². The van der Waals surface area contributed by atoms with Crippen molar-refractivity contribution < 1.29 is 4.74 Å². The SMILES string of the molecule is COc1ccc2nc3cc(Cl)ccc3c(NCCN(CCCCN)CCCCN)c2c1.Cl.Cl.Cl.Cl. The quantitative estimate of drug-likeness (QED) is 0.169. The lowest BCUT2D eigenvalue weighted by atomic mass is 10.1. The summed E-state index contributed by atoms with van der Waals surface area (Å²) in [5.41, 5.74) is 14.2. The molecular formula is C24H38Cl5N5O. The molecule has 0 amide bonds. The van der Waals surface area contributed by atoms with E-state index < -0.39 is 0 Å². The van der Waals surface area contributed by atoms with Gasteiger partial charge in [0.25, 0.3) is 0 Å². The number of rotatable bonds is 13. The van der Waals surface area contributed by atoms with Crippen molar-refractivity contribution in [3.05, 3.63) is 41.4 Å². The van der Waals surface area contributed by atoms with Crippen LogP contribution in [0.1, 0.15) is 25.7 Å². The van der Waals surface area contributed by atoms with Gasteiger partial charge >= 0.3 is 0 Å². The second kappa shape index (κ2) is 19.2. The van der Waals surface area contributed by atoms with Gasteiger partial charge < -0.3 is 26.4 Å². The van der Waals surface area contributed by atoms with Crippen LogP contribution in [0.5, 0.6) is 5.75 Å². The molecule has 0 fully saturated rings. The summed E-state index contributed by atoms with van der Waals surface area (Å²) in [5, 5.41) is 6.47. The van der Waals surface area contributed by atoms with Crippen LogP contribution in [0, 0.1) is 0 Å². The van der Waals surface area contributed by atoms with Gasteiger partial charge in [-0.3, -0.25) is 0 Å². The molecule has 3 aromatic rings. The molecule has 0 saturated heterocycles. The van der Waals surface area contributed by atoms with E-state index in [9.17, 15) is 0 Å². The predicted octanol–water partition coefficient (Wildman–Crippen LogP) is 5.93. The van der Waals surface area contributed by atoms with Crippen LogP contribution in [0.2, 0.25) is 5.02 Å². The molecule has 0 unspecified atom stereocenters. The maximum atomic E-state index is 6.23. The van der Waals surface area contributed by atoms with Crippen molar-refractivity contribution in [2.45, 2.75) is 25.7 Å². The highest BCUT2D eigenvalue weighted by atomic mass is 35.5. The lowest BCUT2D eigenvalue weighted by Gasteiger charge is -2.23. The van der Waals surface area contributed by atoms with Gasteiger partial charge in [0.1, 0.15) is 5.75 Å². The van der Waals surface area contributed by atoms with Crippen LogP contribution in [-0.2, 0) is 0 Å². The zero-order valence-corrected chi connectivity index (χ0v) is 24.0. The number of methoxy groups -OCH3 is 1. The lowest BCUT2D eigenvalue weighted by molar-refractivity contribution is 0.273. The van der Waals surface area contributed by atoms with Crippen molar-refractivity contribution in [2.24, 2.45) is 11.5 Å². The molecule has 1 heterocycles. The summed E-state index contributed by atoms with van der Waals surface area (Å²) in [4.78, 5) is 7.30. The number of benzene rings is 2. The largest absolute Gasteiger partial charge is 0.497 e. The number of unbranched alkanes of at least 4 members (excludes halogenated alkanes) is 2. The molecular weight excluding hydrogens is 552 g/mol. The number of halogens is 5. The maximum Gasteiger partial charge on any atom is 0.119 e. The first-order valence-electron chi connectivity index (χ1n) is 11.1. The zero-order valence-electron chi connectivity index (χ0n) is 20.0. The van der Waals surface area contributed by atoms with Crippen molar-refractivity contribution in [1.82, 2.24) is 9.88 Å². The molecule has 0 saturated carbocycles. The van der Waals surface area contributed by atoms with Crippen LogP contribution < -0.4 is 21.5 Å². The van der Waals surface area contributed by atoms with Gasteiger partial charge in [0.15, 0.2) is 0 Å². The standard InChI is InChI=1S/C24H34ClN5O.4ClH/c1-31-19-7-9-22-21(17-19)24(20-8-6-18(25)16-23(20)29-22)28-12-15-30(13-4-2-10-26)14-5-3-11-27;;;;/h6-9,16-17H,2-5,10-15,26-27H2,1H3,(H,28,29);4*1H. The van der Waals surface area contributed by atoms with Gasteiger partial charge in [0, 0.05) is 28.9 Å². The molecule has 200 valence electrons. The minimum Gasteiger partial charge on any atom is -0.497 e. The number of anilines is 1. The van der Waals surface area contributed by atoms with Gasteiger partial charge in [-0.2, -0.15) is 0 Å². The lowest BCUT2D eigenvalue weighted by Crippen LogP contribution is -2.31. The molecule has 11 heteroatoms. The number of hydrogen-bond donors (Lipinski definition) is 3. The van der Waals surface area contributed by atoms with E-state index in [4.69, 9.17) is 32.8 Å². The van der Waals surface area contributed by atoms with Crippen molar-refractivity contribution in [1.29, 1.82) is 0 Å². The summed E-state index contributed by atoms with van der Waals surface area (Å²) in [7, 11) is 1.68. The molecule has 0 aliphatic rings. The average molecular weight is 590 g/mol. The van der Waals surface area contributed by atoms with Gasteiger partial charge in [-0.05, 0) is 88.3 Å². The van der Waals surface area contributed by atoms with Gasteiger partial charge in [-0.25, -0.2) is 4.98 Å². The highest BCUT2D eigenvalue weighted by Gasteiger charge is 2.12. The summed E-state index contributed by atoms with van der Waals surface area (Å²) >= 11 is 6.23. The summed E-state index contributed by atoms with van der Waals surface area (Å²) in [6, 6.07) is 11.8. The summed E-state index contributed by atoms with van der Waals surface area (Å²) in [6.07, 6.45) is 4.36. The molecule has 5 N–H and O–H groups in total. The Morgan fingerprint density at radius 3 is 2.09 bits per heavy atom. The normalized spacial score (nSPS) is 10.2. The third kappa shape index (κ3) is 10.5. The van der Waals surface area contributed by atoms with Crippen molar-refractivity contribution in [2.75, 3.05) is 51.7 Å². The van der Waals surface area contributed by atoms with E-state index in [0.29, 0.717) is 5.02 Å². The first kappa shape index (κ1) is 36.2. The van der Waals surface area contributed by atoms with Crippen molar-refractivity contribution in [3.63, 3.8) is 0 Å². The number of nitrogens with zero attached hydrogens (tertiary/aromatic N) is 2. The van der Waals surface area contributed by atoms with Crippen molar-refractivity contribution in [3.8, 4) is 5.75 Å². The van der Waals surface area contributed by atoms with E-state index in [1.54, 1.807) is 7.11 Å². The fourth-order valence-corrected chi connectivity index (χ4v) is 4.01. The minimum atomic E-state index is 0. The zero-order chi connectivity index (χ0) is 22.1. The van der Waals surface area contributed by atoms with Crippen LogP contribution in [0.15, 0.2) is 36.4 Å². The molecule has 0 atom stereocenters. The molecule has 0 spiro atoms. The number of nitrogens with one attached hydrogen (secondary N) is 1. The number of pyridine rings is 1. The molecule has 2 aromatic carbocycles. The second-order valence-electron chi connectivity index (χ2n) is 7.79. The topological polar surface area (TPSA) is 89.4 Å². The van der Waals surface area contributed by atoms with Gasteiger partial charge in [0.2, 0.25) is 0 Å². The number of nitrogens with two attached hydrogens (primary N) is 2. The Balaban J connectivity index is 0. The molecule has 0 aliphatic carbocycles. The summed E-state index contributed by atoms with van der Waals surface area (Å²) in [5.74, 6) is 0.816. The summed E-state index contributed by atoms with van der Waals surface area (Å²) < 4.78 is 5.46. The van der Waals surface area contributed by atoms with E-state index in [-0.39, 0.29) is 49.6 Å². The smallest absolute Gasteiger partial charge is 0.119 e. The Bertz CT molecular complexity index is 985. The van der Waals surface area contributed by atoms with Crippen LogP contribution >= 0.6 is 61.2 Å². The maximum absolute atomic E-state index is 6.23. The van der Waals surface area contributed by atoms with Crippen LogP contribution in [-0.4, -0.2) is 56.3 Å². The molecule has 0 aliphatic heterocycles. The van der Waals surface area contributed by atoms with Crippen LogP contribution in [0.25, 0.3) is 21.8 Å². The Kier molecular flexibility index (Phi) is 19.8. The second-order valence-corrected chi connectivity index (χ2v) is 8.23. The van der Waals surface area contributed by atoms with Gasteiger partial charge in [-0.1, -0.05) is 11.6 Å². The molecule has 1 aromatic heterocycles.